The number of piperidine rings is 1. The van der Waals surface area contributed by atoms with Gasteiger partial charge >= 0.3 is 12.1 Å². The van der Waals surface area contributed by atoms with Gasteiger partial charge in [0.1, 0.15) is 11.7 Å². The van der Waals surface area contributed by atoms with E-state index in [1.165, 1.54) is 24.8 Å². The lowest BCUT2D eigenvalue weighted by atomic mass is 9.65. The van der Waals surface area contributed by atoms with E-state index in [1.807, 2.05) is 32.6 Å². The first-order valence-corrected chi connectivity index (χ1v) is 12.3. The van der Waals surface area contributed by atoms with Crippen molar-refractivity contribution in [1.29, 1.82) is 0 Å². The summed E-state index contributed by atoms with van der Waals surface area (Å²) >= 11 is 0. The summed E-state index contributed by atoms with van der Waals surface area (Å²) < 4.78 is 11.4. The van der Waals surface area contributed by atoms with Gasteiger partial charge in [0.25, 0.3) is 0 Å². The zero-order chi connectivity index (χ0) is 22.3. The average Bonchev–Trinajstić information content (AvgIpc) is 2.97. The van der Waals surface area contributed by atoms with Gasteiger partial charge in [-0.25, -0.2) is 4.79 Å². The monoisotopic (exact) mass is 429 g/mol. The molecule has 4 aliphatic rings. The van der Waals surface area contributed by atoms with Crippen LogP contribution in [0.5, 0.6) is 0 Å². The standard InChI is InChI=1S/C26H39NO4/c1-16-9-8-11-19(27(16)25(29)31-26(3,4)5)13-14-21-20-12-7-6-10-18(20)15-22-23(21)17(2)30-24(22)28/h13-14,16-19,22-23H,6-12,15H2,1-5H3/b14-13+/t16-,17-,18+,19+,22-,23+/m0/s1. The second kappa shape index (κ2) is 8.63. The quantitative estimate of drug-likeness (QED) is 0.522. The van der Waals surface area contributed by atoms with Crippen molar-refractivity contribution < 1.29 is 19.1 Å². The minimum atomic E-state index is -0.504. The fraction of sp³-hybridized carbons (Fsp3) is 0.769. The molecule has 2 aliphatic carbocycles. The molecule has 0 unspecified atom stereocenters. The van der Waals surface area contributed by atoms with E-state index in [9.17, 15) is 9.59 Å². The highest BCUT2D eigenvalue weighted by Gasteiger charge is 2.49. The predicted molar refractivity (Wildman–Crippen MR) is 120 cm³/mol. The molecular formula is C26H39NO4. The van der Waals surface area contributed by atoms with Gasteiger partial charge in [0.15, 0.2) is 0 Å². The van der Waals surface area contributed by atoms with E-state index in [4.69, 9.17) is 9.47 Å². The van der Waals surface area contributed by atoms with Gasteiger partial charge in [-0.2, -0.15) is 0 Å². The third kappa shape index (κ3) is 4.56. The van der Waals surface area contributed by atoms with Crippen molar-refractivity contribution in [2.24, 2.45) is 17.8 Å². The normalized spacial score (nSPS) is 36.3. The van der Waals surface area contributed by atoms with Crippen molar-refractivity contribution in [2.75, 3.05) is 0 Å². The summed E-state index contributed by atoms with van der Waals surface area (Å²) in [5.74, 6) is 0.646. The lowest BCUT2D eigenvalue weighted by Gasteiger charge is -2.40. The van der Waals surface area contributed by atoms with Crippen LogP contribution in [0, 0.1) is 17.8 Å². The molecule has 0 spiro atoms. The number of nitrogens with zero attached hydrogens (tertiary/aromatic N) is 1. The number of ether oxygens (including phenoxy) is 2. The van der Waals surface area contributed by atoms with Crippen molar-refractivity contribution >= 4 is 12.1 Å². The Morgan fingerprint density at radius 2 is 1.90 bits per heavy atom. The molecule has 1 saturated carbocycles. The smallest absolute Gasteiger partial charge is 0.411 e. The third-order valence-electron chi connectivity index (χ3n) is 7.61. The molecule has 5 heteroatoms. The maximum atomic E-state index is 13.0. The summed E-state index contributed by atoms with van der Waals surface area (Å²) in [6, 6.07) is 0.190. The van der Waals surface area contributed by atoms with Crippen LogP contribution in [-0.4, -0.2) is 40.8 Å². The summed E-state index contributed by atoms with van der Waals surface area (Å²) in [5.41, 5.74) is 2.36. The number of amides is 1. The highest BCUT2D eigenvalue weighted by atomic mass is 16.6. The van der Waals surface area contributed by atoms with Crippen LogP contribution in [-0.2, 0) is 14.3 Å². The number of fused-ring (bicyclic) bond motifs is 2. The summed E-state index contributed by atoms with van der Waals surface area (Å²) in [7, 11) is 0. The van der Waals surface area contributed by atoms with E-state index in [1.54, 1.807) is 5.57 Å². The molecule has 172 valence electrons. The summed E-state index contributed by atoms with van der Waals surface area (Å²) in [6.07, 6.45) is 13.0. The summed E-state index contributed by atoms with van der Waals surface area (Å²) in [6.45, 7) is 9.91. The Bertz CT molecular complexity index is 777. The molecule has 0 aromatic rings. The highest BCUT2D eigenvalue weighted by Crippen LogP contribution is 2.50. The largest absolute Gasteiger partial charge is 0.462 e. The van der Waals surface area contributed by atoms with E-state index in [2.05, 4.69) is 19.1 Å². The first-order chi connectivity index (χ1) is 14.7. The van der Waals surface area contributed by atoms with E-state index in [0.717, 1.165) is 32.1 Å². The van der Waals surface area contributed by atoms with Gasteiger partial charge in [-0.1, -0.05) is 24.1 Å². The molecule has 31 heavy (non-hydrogen) atoms. The molecule has 1 amide bonds. The topological polar surface area (TPSA) is 55.8 Å². The second-order valence-corrected chi connectivity index (χ2v) is 11.0. The number of esters is 1. The maximum Gasteiger partial charge on any atom is 0.411 e. The predicted octanol–water partition coefficient (Wildman–Crippen LogP) is 5.79. The number of carbonyl (C=O) groups excluding carboxylic acids is 2. The SMILES string of the molecule is C[C@@H]1OC(=O)[C@H]2C[C@H]3CCCCC3=C(/C=C/[C@H]3CCC[C@H](C)N3C(=O)OC(C)(C)C)[C@@H]12. The molecule has 5 nitrogen and oxygen atoms in total. The Morgan fingerprint density at radius 1 is 1.13 bits per heavy atom. The van der Waals surface area contributed by atoms with Gasteiger partial charge in [0.05, 0.1) is 12.0 Å². The van der Waals surface area contributed by atoms with Crippen LogP contribution in [0.25, 0.3) is 0 Å². The number of allylic oxidation sites excluding steroid dienone is 2. The fourth-order valence-corrected chi connectivity index (χ4v) is 6.25. The van der Waals surface area contributed by atoms with Crippen LogP contribution in [0.1, 0.15) is 86.0 Å². The molecule has 3 fully saturated rings. The molecule has 0 N–H and O–H groups in total. The second-order valence-electron chi connectivity index (χ2n) is 11.0. The molecular weight excluding hydrogens is 390 g/mol. The number of rotatable bonds is 2. The molecule has 0 aromatic carbocycles. The van der Waals surface area contributed by atoms with Crippen molar-refractivity contribution in [1.82, 2.24) is 4.90 Å². The zero-order valence-corrected chi connectivity index (χ0v) is 19.9. The number of carbonyl (C=O) groups is 2. The van der Waals surface area contributed by atoms with Gasteiger partial charge in [0, 0.05) is 12.0 Å². The van der Waals surface area contributed by atoms with Crippen LogP contribution in [0.3, 0.4) is 0 Å². The van der Waals surface area contributed by atoms with Gasteiger partial charge in [-0.15, -0.1) is 0 Å². The first-order valence-electron chi connectivity index (χ1n) is 12.3. The first kappa shape index (κ1) is 22.4. The molecule has 0 bridgehead atoms. The molecule has 2 saturated heterocycles. The Morgan fingerprint density at radius 3 is 2.65 bits per heavy atom. The number of hydrogen-bond donors (Lipinski definition) is 0. The number of likely N-dealkylation sites (tertiary alicyclic amines) is 1. The average molecular weight is 430 g/mol. The van der Waals surface area contributed by atoms with Gasteiger partial charge in [-0.3, -0.25) is 9.69 Å². The number of hydrogen-bond acceptors (Lipinski definition) is 4. The molecule has 2 heterocycles. The molecule has 6 atom stereocenters. The highest BCUT2D eigenvalue weighted by molar-refractivity contribution is 5.77. The Hall–Kier alpha value is -1.78. The zero-order valence-electron chi connectivity index (χ0n) is 19.9. The van der Waals surface area contributed by atoms with Crippen LogP contribution < -0.4 is 0 Å². The lowest BCUT2D eigenvalue weighted by molar-refractivity contribution is -0.144. The minimum Gasteiger partial charge on any atom is -0.462 e. The minimum absolute atomic E-state index is 0.00580. The summed E-state index contributed by atoms with van der Waals surface area (Å²) in [5, 5.41) is 0. The van der Waals surface area contributed by atoms with Gasteiger partial charge < -0.3 is 9.47 Å². The molecule has 4 rings (SSSR count). The van der Waals surface area contributed by atoms with Crippen molar-refractivity contribution in [2.45, 2.75) is 110 Å². The van der Waals surface area contributed by atoms with Crippen molar-refractivity contribution in [3.05, 3.63) is 23.3 Å². The Labute approximate surface area is 187 Å². The van der Waals surface area contributed by atoms with E-state index >= 15 is 0 Å². The molecule has 2 aliphatic heterocycles. The van der Waals surface area contributed by atoms with E-state index < -0.39 is 5.60 Å². The van der Waals surface area contributed by atoms with E-state index in [0.29, 0.717) is 5.92 Å². The lowest BCUT2D eigenvalue weighted by Crippen LogP contribution is -2.49. The van der Waals surface area contributed by atoms with Crippen LogP contribution in [0.15, 0.2) is 23.3 Å². The van der Waals surface area contributed by atoms with Gasteiger partial charge in [-0.05, 0) is 91.1 Å². The molecule has 0 aromatic heterocycles. The Balaban J connectivity index is 1.63. The van der Waals surface area contributed by atoms with E-state index in [-0.39, 0.29) is 42.1 Å². The third-order valence-corrected chi connectivity index (χ3v) is 7.61. The van der Waals surface area contributed by atoms with Gasteiger partial charge in [0.2, 0.25) is 0 Å². The van der Waals surface area contributed by atoms with Crippen LogP contribution in [0.4, 0.5) is 4.79 Å². The van der Waals surface area contributed by atoms with Crippen LogP contribution in [0.2, 0.25) is 0 Å². The van der Waals surface area contributed by atoms with Crippen molar-refractivity contribution in [3.8, 4) is 0 Å². The van der Waals surface area contributed by atoms with Crippen LogP contribution >= 0.6 is 0 Å². The maximum absolute atomic E-state index is 13.0. The Kier molecular flexibility index (Phi) is 6.24. The number of cyclic esters (lactones) is 1. The summed E-state index contributed by atoms with van der Waals surface area (Å²) in [4.78, 5) is 27.4. The molecule has 0 radical (unpaired) electrons. The fourth-order valence-electron chi connectivity index (χ4n) is 6.25. The van der Waals surface area contributed by atoms with Crippen molar-refractivity contribution in [3.63, 3.8) is 0 Å².